The number of para-hydroxylation sites is 2. The van der Waals surface area contributed by atoms with Crippen molar-refractivity contribution in [2.24, 2.45) is 0 Å². The number of hydrogen-bond acceptors (Lipinski definition) is 4. The van der Waals surface area contributed by atoms with Crippen molar-refractivity contribution in [3.05, 3.63) is 47.6 Å². The Morgan fingerprint density at radius 2 is 1.73 bits per heavy atom. The summed E-state index contributed by atoms with van der Waals surface area (Å²) in [6, 6.07) is 12.0. The number of fused-ring (bicyclic) bond motifs is 1. The summed E-state index contributed by atoms with van der Waals surface area (Å²) < 4.78 is 0. The van der Waals surface area contributed by atoms with E-state index in [1.165, 1.54) is 0 Å². The minimum Gasteiger partial charge on any atom is -0.353 e. The second kappa shape index (κ2) is 5.50. The predicted octanol–water partition coefficient (Wildman–Crippen LogP) is 2.94. The van der Waals surface area contributed by atoms with Gasteiger partial charge in [-0.15, -0.1) is 0 Å². The number of halogens is 1. The summed E-state index contributed by atoms with van der Waals surface area (Å²) in [7, 11) is 0. The number of benzene rings is 1. The molecule has 1 aliphatic rings. The fraction of sp³-hybridized carbons (Fsp3) is 0.250. The highest BCUT2D eigenvalue weighted by Crippen LogP contribution is 2.20. The van der Waals surface area contributed by atoms with Gasteiger partial charge in [0.15, 0.2) is 0 Å². The summed E-state index contributed by atoms with van der Waals surface area (Å²) >= 11 is 5.89. The zero-order valence-corrected chi connectivity index (χ0v) is 12.8. The summed E-state index contributed by atoms with van der Waals surface area (Å²) in [6.07, 6.45) is 1.70. The lowest BCUT2D eigenvalue weighted by Crippen LogP contribution is -2.47. The molecule has 2 aromatic heterocycles. The number of nitrogens with one attached hydrogen (secondary N) is 1. The van der Waals surface area contributed by atoms with Crippen LogP contribution in [-0.2, 0) is 0 Å². The van der Waals surface area contributed by atoms with Gasteiger partial charge in [0.05, 0.1) is 16.1 Å². The Kier molecular flexibility index (Phi) is 3.35. The number of anilines is 2. The molecule has 4 rings (SSSR count). The van der Waals surface area contributed by atoms with E-state index in [2.05, 4.69) is 30.8 Å². The van der Waals surface area contributed by atoms with Crippen LogP contribution in [0.5, 0.6) is 0 Å². The number of H-pyrrole nitrogens is 1. The molecular formula is C16H16ClN5. The molecule has 6 heteroatoms. The molecule has 0 atom stereocenters. The van der Waals surface area contributed by atoms with E-state index in [1.807, 2.05) is 30.3 Å². The molecule has 1 aliphatic heterocycles. The van der Waals surface area contributed by atoms with Crippen molar-refractivity contribution >= 4 is 34.4 Å². The van der Waals surface area contributed by atoms with Crippen LogP contribution in [0.25, 0.3) is 11.0 Å². The number of piperazine rings is 1. The highest BCUT2D eigenvalue weighted by molar-refractivity contribution is 6.30. The molecule has 0 bridgehead atoms. The van der Waals surface area contributed by atoms with Gasteiger partial charge in [0.25, 0.3) is 0 Å². The zero-order chi connectivity index (χ0) is 14.9. The second-order valence-corrected chi connectivity index (χ2v) is 5.82. The molecule has 0 unspecified atom stereocenters. The minimum absolute atomic E-state index is 0.671. The van der Waals surface area contributed by atoms with Gasteiger partial charge < -0.3 is 14.8 Å². The van der Waals surface area contributed by atoms with Crippen molar-refractivity contribution < 1.29 is 0 Å². The van der Waals surface area contributed by atoms with Gasteiger partial charge in [0.2, 0.25) is 5.95 Å². The molecule has 0 amide bonds. The van der Waals surface area contributed by atoms with E-state index in [1.54, 1.807) is 6.20 Å². The van der Waals surface area contributed by atoms with Crippen LogP contribution >= 0.6 is 11.6 Å². The molecule has 5 nitrogen and oxygen atoms in total. The molecule has 0 saturated carbocycles. The van der Waals surface area contributed by atoms with Gasteiger partial charge in [-0.25, -0.2) is 9.97 Å². The minimum atomic E-state index is 0.671. The average molecular weight is 314 g/mol. The molecule has 0 radical (unpaired) electrons. The van der Waals surface area contributed by atoms with Crippen molar-refractivity contribution in [1.82, 2.24) is 15.0 Å². The normalized spacial score (nSPS) is 15.5. The molecule has 3 heterocycles. The van der Waals surface area contributed by atoms with Crippen molar-refractivity contribution in [2.75, 3.05) is 36.0 Å². The number of imidazole rings is 1. The standard InChI is InChI=1S/C16H16ClN5/c17-12-5-6-15(18-11-12)21-7-9-22(10-8-21)16-19-13-3-1-2-4-14(13)20-16/h1-6,11H,7-10H2,(H,19,20). The number of aromatic nitrogens is 3. The molecule has 22 heavy (non-hydrogen) atoms. The first-order chi connectivity index (χ1) is 10.8. The van der Waals surface area contributed by atoms with Crippen molar-refractivity contribution in [2.45, 2.75) is 0 Å². The zero-order valence-electron chi connectivity index (χ0n) is 12.0. The Labute approximate surface area is 133 Å². The third kappa shape index (κ3) is 2.48. The molecular weight excluding hydrogens is 298 g/mol. The molecule has 1 saturated heterocycles. The smallest absolute Gasteiger partial charge is 0.203 e. The summed E-state index contributed by atoms with van der Waals surface area (Å²) in [5.41, 5.74) is 2.10. The Balaban J connectivity index is 1.48. The Morgan fingerprint density at radius 3 is 2.45 bits per heavy atom. The van der Waals surface area contributed by atoms with Crippen molar-refractivity contribution in [3.63, 3.8) is 0 Å². The van der Waals surface area contributed by atoms with Crippen molar-refractivity contribution in [1.29, 1.82) is 0 Å². The maximum Gasteiger partial charge on any atom is 0.203 e. The molecule has 112 valence electrons. The van der Waals surface area contributed by atoms with E-state index >= 15 is 0 Å². The van der Waals surface area contributed by atoms with E-state index in [-0.39, 0.29) is 0 Å². The van der Waals surface area contributed by atoms with Crippen LogP contribution in [0.1, 0.15) is 0 Å². The van der Waals surface area contributed by atoms with E-state index in [0.29, 0.717) is 5.02 Å². The largest absolute Gasteiger partial charge is 0.353 e. The first-order valence-corrected chi connectivity index (χ1v) is 7.73. The highest BCUT2D eigenvalue weighted by atomic mass is 35.5. The third-order valence-electron chi connectivity index (χ3n) is 3.99. The van der Waals surface area contributed by atoms with E-state index in [0.717, 1.165) is 49.0 Å². The summed E-state index contributed by atoms with van der Waals surface area (Å²) in [5.74, 6) is 1.93. The number of hydrogen-bond donors (Lipinski definition) is 1. The van der Waals surface area contributed by atoms with Gasteiger partial charge in [0.1, 0.15) is 5.82 Å². The lowest BCUT2D eigenvalue weighted by Gasteiger charge is -2.35. The van der Waals surface area contributed by atoms with E-state index < -0.39 is 0 Å². The van der Waals surface area contributed by atoms with Crippen LogP contribution in [0.4, 0.5) is 11.8 Å². The first-order valence-electron chi connectivity index (χ1n) is 7.36. The lowest BCUT2D eigenvalue weighted by atomic mass is 10.3. The quantitative estimate of drug-likeness (QED) is 0.790. The van der Waals surface area contributed by atoms with Gasteiger partial charge in [-0.3, -0.25) is 0 Å². The summed E-state index contributed by atoms with van der Waals surface area (Å²) in [4.78, 5) is 17.0. The topological polar surface area (TPSA) is 48.0 Å². The summed E-state index contributed by atoms with van der Waals surface area (Å²) in [6.45, 7) is 3.69. The predicted molar refractivity (Wildman–Crippen MR) is 89.8 cm³/mol. The third-order valence-corrected chi connectivity index (χ3v) is 4.22. The Hall–Kier alpha value is -2.27. The van der Waals surface area contributed by atoms with E-state index in [4.69, 9.17) is 11.6 Å². The molecule has 1 aromatic carbocycles. The van der Waals surface area contributed by atoms with Crippen LogP contribution in [-0.4, -0.2) is 41.1 Å². The number of rotatable bonds is 2. The monoisotopic (exact) mass is 313 g/mol. The summed E-state index contributed by atoms with van der Waals surface area (Å²) in [5, 5.41) is 0.671. The molecule has 0 spiro atoms. The van der Waals surface area contributed by atoms with Gasteiger partial charge in [-0.2, -0.15) is 0 Å². The highest BCUT2D eigenvalue weighted by Gasteiger charge is 2.20. The van der Waals surface area contributed by atoms with Crippen molar-refractivity contribution in [3.8, 4) is 0 Å². The first kappa shape index (κ1) is 13.4. The Morgan fingerprint density at radius 1 is 0.955 bits per heavy atom. The molecule has 1 N–H and O–H groups in total. The van der Waals surface area contributed by atoms with Gasteiger partial charge in [0, 0.05) is 32.4 Å². The van der Waals surface area contributed by atoms with Crippen LogP contribution < -0.4 is 9.80 Å². The molecule has 0 aliphatic carbocycles. The maximum absolute atomic E-state index is 5.89. The maximum atomic E-state index is 5.89. The second-order valence-electron chi connectivity index (χ2n) is 5.39. The lowest BCUT2D eigenvalue weighted by molar-refractivity contribution is 0.638. The van der Waals surface area contributed by atoms with Crippen LogP contribution in [0.15, 0.2) is 42.6 Å². The SMILES string of the molecule is Clc1ccc(N2CCN(c3nc4ccccc4[nH]3)CC2)nc1. The van der Waals surface area contributed by atoms with Gasteiger partial charge in [-0.1, -0.05) is 23.7 Å². The van der Waals surface area contributed by atoms with E-state index in [9.17, 15) is 0 Å². The number of aromatic amines is 1. The molecule has 3 aromatic rings. The fourth-order valence-electron chi connectivity index (χ4n) is 2.79. The average Bonchev–Trinajstić information content (AvgIpc) is 3.00. The molecule has 1 fully saturated rings. The Bertz CT molecular complexity index is 742. The van der Waals surface area contributed by atoms with Crippen LogP contribution in [0.3, 0.4) is 0 Å². The van der Waals surface area contributed by atoms with Gasteiger partial charge in [-0.05, 0) is 24.3 Å². The van der Waals surface area contributed by atoms with Crippen LogP contribution in [0.2, 0.25) is 5.02 Å². The number of nitrogens with zero attached hydrogens (tertiary/aromatic N) is 4. The number of pyridine rings is 1. The van der Waals surface area contributed by atoms with Gasteiger partial charge >= 0.3 is 0 Å². The fourth-order valence-corrected chi connectivity index (χ4v) is 2.90. The van der Waals surface area contributed by atoms with Crippen LogP contribution in [0, 0.1) is 0 Å².